The van der Waals surface area contributed by atoms with Gasteiger partial charge in [-0.05, 0) is 40.1 Å². The summed E-state index contributed by atoms with van der Waals surface area (Å²) in [7, 11) is 3.31. The van der Waals surface area contributed by atoms with Crippen LogP contribution in [0.4, 0.5) is 0 Å². The van der Waals surface area contributed by atoms with Crippen LogP contribution in [0.1, 0.15) is 24.0 Å². The highest BCUT2D eigenvalue weighted by molar-refractivity contribution is 5.89. The molecule has 6 heteroatoms. The number of hydrogen-bond acceptors (Lipinski definition) is 5. The molecule has 4 aromatic rings. The van der Waals surface area contributed by atoms with Gasteiger partial charge in [0, 0.05) is 29.4 Å². The Kier molecular flexibility index (Phi) is 3.90. The summed E-state index contributed by atoms with van der Waals surface area (Å²) in [4.78, 5) is 0. The van der Waals surface area contributed by atoms with Crippen LogP contribution in [0.2, 0.25) is 0 Å². The summed E-state index contributed by atoms with van der Waals surface area (Å²) in [6, 6.07) is 23.4. The minimum Gasteiger partial charge on any atom is -0.854 e. The van der Waals surface area contributed by atoms with Gasteiger partial charge in [-0.25, -0.2) is 0 Å². The van der Waals surface area contributed by atoms with Gasteiger partial charge >= 0.3 is 5.88 Å². The van der Waals surface area contributed by atoms with Crippen molar-refractivity contribution in [3.8, 4) is 23.3 Å². The quantitative estimate of drug-likeness (QED) is 0.468. The molecule has 0 N–H and O–H groups in total. The Morgan fingerprint density at radius 2 is 1.34 bits per heavy atom. The van der Waals surface area contributed by atoms with Crippen molar-refractivity contribution in [2.45, 2.75) is 24.0 Å². The van der Waals surface area contributed by atoms with Gasteiger partial charge in [-0.15, -0.1) is 0 Å². The predicted octanol–water partition coefficient (Wildman–Crippen LogP) is 3.44. The summed E-state index contributed by atoms with van der Waals surface area (Å²) >= 11 is 0. The van der Waals surface area contributed by atoms with Gasteiger partial charge in [-0.1, -0.05) is 42.5 Å². The number of methoxy groups -OCH3 is 2. The van der Waals surface area contributed by atoms with Crippen LogP contribution in [0.15, 0.2) is 72.8 Å². The third-order valence-electron chi connectivity index (χ3n) is 6.80. The lowest BCUT2D eigenvalue weighted by molar-refractivity contribution is -0.783. The molecule has 32 heavy (non-hydrogen) atoms. The fourth-order valence-electron chi connectivity index (χ4n) is 5.09. The fraction of sp³-hybridized carbons (Fsp3) is 0.231. The normalized spacial score (nSPS) is 17.1. The predicted molar refractivity (Wildman–Crippen MR) is 116 cm³/mol. The van der Waals surface area contributed by atoms with E-state index in [1.54, 1.807) is 20.3 Å². The third-order valence-corrected chi connectivity index (χ3v) is 6.80. The minimum absolute atomic E-state index is 0.237. The van der Waals surface area contributed by atoms with Crippen LogP contribution < -0.4 is 24.0 Å². The molecule has 0 amide bonds. The minimum atomic E-state index is -0.831. The molecule has 6 rings (SSSR count). The first-order valence-corrected chi connectivity index (χ1v) is 10.6. The maximum atomic E-state index is 12.9. The van der Waals surface area contributed by atoms with Gasteiger partial charge in [-0.3, -0.25) is 0 Å². The van der Waals surface area contributed by atoms with E-state index < -0.39 is 11.1 Å². The van der Waals surface area contributed by atoms with Crippen LogP contribution in [-0.4, -0.2) is 19.3 Å². The molecule has 1 spiro atoms. The molecular formula is C26H22N2O4. The Labute approximate surface area is 185 Å². The van der Waals surface area contributed by atoms with E-state index >= 15 is 0 Å². The molecule has 2 aliphatic rings. The zero-order valence-corrected chi connectivity index (χ0v) is 17.9. The van der Waals surface area contributed by atoms with E-state index in [0.717, 1.165) is 40.9 Å². The molecule has 0 atom stereocenters. The van der Waals surface area contributed by atoms with E-state index in [2.05, 4.69) is 5.10 Å². The Balaban J connectivity index is 1.64. The second-order valence-electron chi connectivity index (χ2n) is 8.34. The van der Waals surface area contributed by atoms with Gasteiger partial charge in [0.25, 0.3) is 0 Å². The second-order valence-corrected chi connectivity index (χ2v) is 8.34. The largest absolute Gasteiger partial charge is 0.854 e. The number of nitrogens with zero attached hydrogens (tertiary/aromatic N) is 2. The van der Waals surface area contributed by atoms with Crippen LogP contribution in [0.5, 0.6) is 23.3 Å². The summed E-state index contributed by atoms with van der Waals surface area (Å²) in [6.07, 6.45) is 1.71. The van der Waals surface area contributed by atoms with Gasteiger partial charge in [-0.2, -0.15) is 0 Å². The first-order chi connectivity index (χ1) is 15.6. The van der Waals surface area contributed by atoms with Crippen molar-refractivity contribution in [2.24, 2.45) is 0 Å². The fourth-order valence-corrected chi connectivity index (χ4v) is 5.09. The molecule has 3 aromatic carbocycles. The van der Waals surface area contributed by atoms with Crippen LogP contribution in [0.3, 0.4) is 0 Å². The van der Waals surface area contributed by atoms with E-state index in [1.165, 1.54) is 0 Å². The van der Waals surface area contributed by atoms with Gasteiger partial charge in [0.2, 0.25) is 11.1 Å². The highest BCUT2D eigenvalue weighted by Gasteiger charge is 2.78. The molecule has 6 nitrogen and oxygen atoms in total. The van der Waals surface area contributed by atoms with Crippen molar-refractivity contribution in [2.75, 3.05) is 14.2 Å². The van der Waals surface area contributed by atoms with E-state index in [0.29, 0.717) is 11.3 Å². The average molecular weight is 426 g/mol. The van der Waals surface area contributed by atoms with Gasteiger partial charge in [0.05, 0.1) is 25.5 Å². The van der Waals surface area contributed by atoms with Crippen molar-refractivity contribution >= 4 is 10.8 Å². The molecule has 0 unspecified atom stereocenters. The molecular weight excluding hydrogens is 404 g/mol. The smallest absolute Gasteiger partial charge is 0.403 e. The standard InChI is InChI=1S/C26H22N2O4/c1-30-19-11-7-17(8-12-19)26(18-9-13-20(31-2)14-10-18)25(15-16-25)28-24(32-26)22-6-4-3-5-21(22)23(29)27-28/h3-14H,15-16H2,1-2H3. The van der Waals surface area contributed by atoms with E-state index in [9.17, 15) is 5.11 Å². The number of fused-ring (bicyclic) bond motifs is 4. The number of benzene rings is 3. The van der Waals surface area contributed by atoms with E-state index in [4.69, 9.17) is 14.2 Å². The van der Waals surface area contributed by atoms with Crippen molar-refractivity contribution in [3.63, 3.8) is 0 Å². The van der Waals surface area contributed by atoms with Crippen LogP contribution in [-0.2, 0) is 11.1 Å². The van der Waals surface area contributed by atoms with Gasteiger partial charge in [0.1, 0.15) is 11.5 Å². The number of rotatable bonds is 4. The summed E-state index contributed by atoms with van der Waals surface area (Å²) in [6.45, 7) is 0. The highest BCUT2D eigenvalue weighted by atomic mass is 16.5. The zero-order valence-electron chi connectivity index (χ0n) is 17.9. The van der Waals surface area contributed by atoms with Crippen molar-refractivity contribution in [1.82, 2.24) is 5.10 Å². The summed E-state index contributed by atoms with van der Waals surface area (Å²) < 4.78 is 19.6. The zero-order chi connectivity index (χ0) is 21.9. The maximum Gasteiger partial charge on any atom is 0.403 e. The summed E-state index contributed by atoms with van der Waals surface area (Å²) in [5.41, 5.74) is 0.669. The highest BCUT2D eigenvalue weighted by Crippen LogP contribution is 2.62. The third kappa shape index (κ3) is 2.35. The van der Waals surface area contributed by atoms with Crippen molar-refractivity contribution in [1.29, 1.82) is 0 Å². The summed E-state index contributed by atoms with van der Waals surface area (Å²) in [5, 5.41) is 18.7. The van der Waals surface area contributed by atoms with E-state index in [1.807, 2.05) is 71.4 Å². The molecule has 0 bridgehead atoms. The Bertz CT molecular complexity index is 1280. The lowest BCUT2D eigenvalue weighted by atomic mass is 9.78. The van der Waals surface area contributed by atoms with Crippen molar-refractivity contribution < 1.29 is 24.0 Å². The van der Waals surface area contributed by atoms with Crippen LogP contribution >= 0.6 is 0 Å². The van der Waals surface area contributed by atoms with Gasteiger partial charge in [0.15, 0.2) is 0 Å². The summed E-state index contributed by atoms with van der Waals surface area (Å²) in [5.74, 6) is 1.94. The molecule has 1 aliphatic carbocycles. The van der Waals surface area contributed by atoms with E-state index in [-0.39, 0.29) is 5.88 Å². The number of aromatic nitrogens is 2. The average Bonchev–Trinajstić information content (AvgIpc) is 3.60. The number of hydrogen-bond donors (Lipinski definition) is 0. The lowest BCUT2D eigenvalue weighted by Gasteiger charge is -2.30. The SMILES string of the molecule is COc1ccc(C2(c3ccc(OC)cc3)Oc3c4ccccc4c([O-])n[n+]3C23CC3)cc1. The first-order valence-electron chi connectivity index (χ1n) is 10.6. The molecule has 2 heterocycles. The molecule has 1 saturated carbocycles. The lowest BCUT2D eigenvalue weighted by Crippen LogP contribution is -2.56. The molecule has 1 aliphatic heterocycles. The van der Waals surface area contributed by atoms with Gasteiger partial charge < -0.3 is 19.3 Å². The molecule has 1 aromatic heterocycles. The number of ether oxygens (including phenoxy) is 3. The maximum absolute atomic E-state index is 12.9. The van der Waals surface area contributed by atoms with Crippen molar-refractivity contribution in [3.05, 3.63) is 83.9 Å². The Morgan fingerprint density at radius 1 is 0.812 bits per heavy atom. The Hall–Kier alpha value is -3.80. The molecule has 160 valence electrons. The molecule has 0 radical (unpaired) electrons. The monoisotopic (exact) mass is 426 g/mol. The topological polar surface area (TPSA) is 67.5 Å². The molecule has 1 fully saturated rings. The molecule has 0 saturated heterocycles. The van der Waals surface area contributed by atoms with Crippen LogP contribution in [0, 0.1) is 0 Å². The van der Waals surface area contributed by atoms with Crippen LogP contribution in [0.25, 0.3) is 10.8 Å². The first kappa shape index (κ1) is 18.9. The Morgan fingerprint density at radius 3 is 1.84 bits per heavy atom. The second kappa shape index (κ2) is 6.60.